The maximum Gasteiger partial charge on any atom is 0.262 e. The Labute approximate surface area is 152 Å². The molecule has 1 saturated heterocycles. The second-order valence-corrected chi connectivity index (χ2v) is 7.27. The van der Waals surface area contributed by atoms with Gasteiger partial charge in [-0.3, -0.25) is 9.59 Å². The lowest BCUT2D eigenvalue weighted by Gasteiger charge is -2.27. The van der Waals surface area contributed by atoms with E-state index in [2.05, 4.69) is 15.2 Å². The Morgan fingerprint density at radius 2 is 2.00 bits per heavy atom. The van der Waals surface area contributed by atoms with Crippen LogP contribution in [0, 0.1) is 0 Å². The van der Waals surface area contributed by atoms with Crippen molar-refractivity contribution in [2.24, 2.45) is 4.99 Å². The van der Waals surface area contributed by atoms with Crippen LogP contribution in [0.2, 0.25) is 0 Å². The van der Waals surface area contributed by atoms with Gasteiger partial charge >= 0.3 is 0 Å². The average molecular weight is 361 g/mol. The van der Waals surface area contributed by atoms with Gasteiger partial charge in [0.1, 0.15) is 11.0 Å². The van der Waals surface area contributed by atoms with Gasteiger partial charge in [-0.25, -0.2) is 0 Å². The van der Waals surface area contributed by atoms with E-state index in [0.717, 1.165) is 36.8 Å². The summed E-state index contributed by atoms with van der Waals surface area (Å²) in [6, 6.07) is 7.21. The van der Waals surface area contributed by atoms with Crippen LogP contribution in [0.15, 0.2) is 29.3 Å². The second kappa shape index (κ2) is 8.38. The first-order chi connectivity index (χ1) is 12.2. The molecule has 134 valence electrons. The predicted octanol–water partition coefficient (Wildman–Crippen LogP) is 2.90. The largest absolute Gasteiger partial charge is 0.494 e. The molecule has 3 rings (SSSR count). The van der Waals surface area contributed by atoms with Crippen molar-refractivity contribution in [3.63, 3.8) is 0 Å². The molecule has 2 amide bonds. The van der Waals surface area contributed by atoms with Gasteiger partial charge in [-0.2, -0.15) is 4.99 Å². The van der Waals surface area contributed by atoms with Crippen molar-refractivity contribution < 1.29 is 14.3 Å². The molecule has 6 nitrogen and oxygen atoms in total. The molecule has 1 N–H and O–H groups in total. The first kappa shape index (κ1) is 17.8. The monoisotopic (exact) mass is 361 g/mol. The fourth-order valence-electron chi connectivity index (χ4n) is 2.91. The van der Waals surface area contributed by atoms with Crippen LogP contribution in [0.25, 0.3) is 0 Å². The zero-order valence-electron chi connectivity index (χ0n) is 14.4. The Morgan fingerprint density at radius 1 is 1.28 bits per heavy atom. The van der Waals surface area contributed by atoms with Gasteiger partial charge in [-0.05, 0) is 50.5 Å². The smallest absolute Gasteiger partial charge is 0.262 e. The minimum absolute atomic E-state index is 0.136. The van der Waals surface area contributed by atoms with E-state index in [1.807, 2.05) is 19.1 Å². The van der Waals surface area contributed by atoms with Crippen molar-refractivity contribution in [1.82, 2.24) is 4.90 Å². The van der Waals surface area contributed by atoms with Crippen molar-refractivity contribution in [2.75, 3.05) is 25.0 Å². The van der Waals surface area contributed by atoms with Crippen molar-refractivity contribution >= 4 is 34.4 Å². The third-order valence-electron chi connectivity index (χ3n) is 4.18. The number of anilines is 1. The number of carbonyl (C=O) groups is 2. The van der Waals surface area contributed by atoms with Gasteiger partial charge < -0.3 is 15.0 Å². The van der Waals surface area contributed by atoms with E-state index >= 15 is 0 Å². The summed E-state index contributed by atoms with van der Waals surface area (Å²) in [5, 5.41) is 3.19. The summed E-state index contributed by atoms with van der Waals surface area (Å²) in [4.78, 5) is 30.7. The van der Waals surface area contributed by atoms with Crippen LogP contribution in [-0.2, 0) is 9.59 Å². The van der Waals surface area contributed by atoms with Crippen LogP contribution < -0.4 is 10.1 Å². The molecule has 2 aliphatic rings. The van der Waals surface area contributed by atoms with Crippen molar-refractivity contribution in [1.29, 1.82) is 0 Å². The van der Waals surface area contributed by atoms with E-state index in [4.69, 9.17) is 4.74 Å². The predicted molar refractivity (Wildman–Crippen MR) is 100 cm³/mol. The number of nitrogens with zero attached hydrogens (tertiary/aromatic N) is 2. The SMILES string of the molecule is CCOc1ccc(NC(=O)C[C@@H]2SC(N3CCCCC3)=NC2=O)cc1. The number of rotatable bonds is 5. The quantitative estimate of drug-likeness (QED) is 0.873. The lowest BCUT2D eigenvalue weighted by Crippen LogP contribution is -2.33. The highest BCUT2D eigenvalue weighted by atomic mass is 32.2. The van der Waals surface area contributed by atoms with Crippen LogP contribution in [0.5, 0.6) is 5.75 Å². The van der Waals surface area contributed by atoms with Crippen LogP contribution in [0.1, 0.15) is 32.6 Å². The number of piperidine rings is 1. The van der Waals surface area contributed by atoms with Crippen molar-refractivity contribution in [3.8, 4) is 5.75 Å². The van der Waals surface area contributed by atoms with E-state index in [1.54, 1.807) is 12.1 Å². The number of thioether (sulfide) groups is 1. The molecular weight excluding hydrogens is 338 g/mol. The molecule has 2 aliphatic heterocycles. The summed E-state index contributed by atoms with van der Waals surface area (Å²) < 4.78 is 5.38. The number of benzene rings is 1. The summed E-state index contributed by atoms with van der Waals surface area (Å²) in [7, 11) is 0. The third kappa shape index (κ3) is 4.75. The van der Waals surface area contributed by atoms with Crippen LogP contribution in [-0.4, -0.2) is 46.8 Å². The molecule has 0 saturated carbocycles. The van der Waals surface area contributed by atoms with Gasteiger partial charge in [0, 0.05) is 25.2 Å². The minimum Gasteiger partial charge on any atom is -0.494 e. The third-order valence-corrected chi connectivity index (χ3v) is 5.39. The molecule has 0 unspecified atom stereocenters. The van der Waals surface area contributed by atoms with E-state index in [1.165, 1.54) is 18.2 Å². The molecule has 1 fully saturated rings. The highest BCUT2D eigenvalue weighted by Crippen LogP contribution is 2.29. The molecule has 1 aromatic carbocycles. The topological polar surface area (TPSA) is 71.0 Å². The first-order valence-electron chi connectivity index (χ1n) is 8.72. The zero-order chi connectivity index (χ0) is 17.6. The Morgan fingerprint density at radius 3 is 2.68 bits per heavy atom. The van der Waals surface area contributed by atoms with E-state index < -0.39 is 5.25 Å². The van der Waals surface area contributed by atoms with E-state index in [9.17, 15) is 9.59 Å². The molecule has 0 bridgehead atoms. The number of carbonyl (C=O) groups excluding carboxylic acids is 2. The maximum atomic E-state index is 12.2. The number of hydrogen-bond acceptors (Lipinski definition) is 5. The number of amidine groups is 1. The molecule has 0 spiro atoms. The van der Waals surface area contributed by atoms with E-state index in [-0.39, 0.29) is 18.2 Å². The summed E-state index contributed by atoms with van der Waals surface area (Å²) in [6.45, 7) is 4.42. The van der Waals surface area contributed by atoms with Crippen molar-refractivity contribution in [2.45, 2.75) is 37.9 Å². The molecule has 0 radical (unpaired) electrons. The molecule has 0 aliphatic carbocycles. The number of hydrogen-bond donors (Lipinski definition) is 1. The van der Waals surface area contributed by atoms with Crippen molar-refractivity contribution in [3.05, 3.63) is 24.3 Å². The highest BCUT2D eigenvalue weighted by molar-refractivity contribution is 8.15. The number of amides is 2. The normalized spacial score (nSPS) is 20.4. The minimum atomic E-state index is -0.417. The molecule has 25 heavy (non-hydrogen) atoms. The number of likely N-dealkylation sites (tertiary alicyclic amines) is 1. The molecule has 0 aromatic heterocycles. The van der Waals surface area contributed by atoms with Gasteiger partial charge in [0.2, 0.25) is 5.91 Å². The van der Waals surface area contributed by atoms with Crippen LogP contribution in [0.3, 0.4) is 0 Å². The Kier molecular flexibility index (Phi) is 5.96. The van der Waals surface area contributed by atoms with Gasteiger partial charge in [0.15, 0.2) is 5.17 Å². The lowest BCUT2D eigenvalue weighted by atomic mass is 10.1. The summed E-state index contributed by atoms with van der Waals surface area (Å²) in [6.07, 6.45) is 3.64. The fraction of sp³-hybridized carbons (Fsp3) is 0.500. The molecule has 2 heterocycles. The molecule has 7 heteroatoms. The van der Waals surface area contributed by atoms with Crippen LogP contribution >= 0.6 is 11.8 Å². The Hall–Kier alpha value is -2.02. The van der Waals surface area contributed by atoms with E-state index in [0.29, 0.717) is 12.3 Å². The van der Waals surface area contributed by atoms with Gasteiger partial charge in [-0.1, -0.05) is 11.8 Å². The Balaban J connectivity index is 1.50. The van der Waals surface area contributed by atoms with Gasteiger partial charge in [0.05, 0.1) is 6.61 Å². The fourth-order valence-corrected chi connectivity index (χ4v) is 4.03. The summed E-state index contributed by atoms with van der Waals surface area (Å²) >= 11 is 1.42. The highest BCUT2D eigenvalue weighted by Gasteiger charge is 2.33. The molecule has 1 aromatic rings. The number of nitrogens with one attached hydrogen (secondary N) is 1. The molecular formula is C18H23N3O3S. The average Bonchev–Trinajstić information content (AvgIpc) is 2.98. The molecule has 1 atom stereocenters. The first-order valence-corrected chi connectivity index (χ1v) is 9.60. The Bertz CT molecular complexity index is 654. The summed E-state index contributed by atoms with van der Waals surface area (Å²) in [5.41, 5.74) is 0.695. The maximum absolute atomic E-state index is 12.2. The number of aliphatic imine (C=N–C) groups is 1. The van der Waals surface area contributed by atoms with Gasteiger partial charge in [0.25, 0.3) is 5.91 Å². The summed E-state index contributed by atoms with van der Waals surface area (Å²) in [5.74, 6) is 0.388. The standard InChI is InChI=1S/C18H23N3O3S/c1-2-24-14-8-6-13(7-9-14)19-16(22)12-15-17(23)20-18(25-15)21-10-4-3-5-11-21/h6-9,15H,2-5,10-12H2,1H3,(H,19,22)/t15-/m0/s1. The zero-order valence-corrected chi connectivity index (χ0v) is 15.2. The number of ether oxygens (including phenoxy) is 1. The second-order valence-electron chi connectivity index (χ2n) is 6.10. The van der Waals surface area contributed by atoms with Crippen LogP contribution in [0.4, 0.5) is 5.69 Å². The lowest BCUT2D eigenvalue weighted by molar-refractivity contribution is -0.121. The van der Waals surface area contributed by atoms with Gasteiger partial charge in [-0.15, -0.1) is 0 Å².